The summed E-state index contributed by atoms with van der Waals surface area (Å²) in [6.07, 6.45) is 2.79. The number of para-hydroxylation sites is 1. The lowest BCUT2D eigenvalue weighted by Gasteiger charge is -2.12. The van der Waals surface area contributed by atoms with Crippen LogP contribution < -0.4 is 10.0 Å². The molecule has 3 N–H and O–H groups in total. The number of benzene rings is 2. The van der Waals surface area contributed by atoms with Crippen molar-refractivity contribution in [1.82, 2.24) is 4.98 Å². The zero-order chi connectivity index (χ0) is 18.0. The number of sulfonamides is 1. The quantitative estimate of drug-likeness (QED) is 0.653. The van der Waals surface area contributed by atoms with Crippen LogP contribution in [0.4, 0.5) is 15.8 Å². The Morgan fingerprint density at radius 1 is 1.16 bits per heavy atom. The van der Waals surface area contributed by atoms with Crippen LogP contribution in [0, 0.1) is 5.82 Å². The molecule has 0 saturated carbocycles. The summed E-state index contributed by atoms with van der Waals surface area (Å²) in [5.41, 5.74) is 1.88. The molecule has 0 aliphatic heterocycles. The van der Waals surface area contributed by atoms with E-state index in [1.807, 2.05) is 24.3 Å². The first-order valence-corrected chi connectivity index (χ1v) is 9.33. The molecule has 6 nitrogen and oxygen atoms in total. The summed E-state index contributed by atoms with van der Waals surface area (Å²) < 4.78 is 38.5. The molecule has 1 aromatic heterocycles. The zero-order valence-corrected chi connectivity index (χ0v) is 14.2. The van der Waals surface area contributed by atoms with Crippen molar-refractivity contribution in [3.05, 3.63) is 60.0 Å². The first-order chi connectivity index (χ1) is 11.8. The fourth-order valence-electron chi connectivity index (χ4n) is 2.55. The third-order valence-electron chi connectivity index (χ3n) is 3.58. The first-order valence-electron chi connectivity index (χ1n) is 7.44. The van der Waals surface area contributed by atoms with Crippen LogP contribution in [0.2, 0.25) is 0 Å². The molecule has 2 aromatic carbocycles. The molecule has 0 bridgehead atoms. The van der Waals surface area contributed by atoms with E-state index in [0.29, 0.717) is 0 Å². The highest BCUT2D eigenvalue weighted by Crippen LogP contribution is 2.24. The average molecular weight is 361 g/mol. The molecule has 0 radical (unpaired) electrons. The molecule has 0 spiro atoms. The van der Waals surface area contributed by atoms with Crippen LogP contribution in [0.25, 0.3) is 10.9 Å². The van der Waals surface area contributed by atoms with Crippen molar-refractivity contribution in [2.75, 3.05) is 16.3 Å². The summed E-state index contributed by atoms with van der Waals surface area (Å²) >= 11 is 0. The molecule has 0 aliphatic carbocycles. The number of aromatic amines is 1. The van der Waals surface area contributed by atoms with Crippen molar-refractivity contribution in [2.24, 2.45) is 0 Å². The molecular formula is C17H16FN3O3S. The number of hydrogen-bond acceptors (Lipinski definition) is 3. The van der Waals surface area contributed by atoms with Crippen LogP contribution in [0.1, 0.15) is 5.56 Å². The van der Waals surface area contributed by atoms with Gasteiger partial charge in [-0.3, -0.25) is 9.52 Å². The van der Waals surface area contributed by atoms with E-state index in [4.69, 9.17) is 0 Å². The van der Waals surface area contributed by atoms with Gasteiger partial charge in [-0.05, 0) is 29.8 Å². The van der Waals surface area contributed by atoms with Crippen LogP contribution >= 0.6 is 0 Å². The second-order valence-corrected chi connectivity index (χ2v) is 7.40. The molecule has 3 rings (SSSR count). The number of nitrogens with one attached hydrogen (secondary N) is 3. The van der Waals surface area contributed by atoms with Crippen LogP contribution in [0.5, 0.6) is 0 Å². The van der Waals surface area contributed by atoms with Crippen molar-refractivity contribution in [2.45, 2.75) is 6.42 Å². The summed E-state index contributed by atoms with van der Waals surface area (Å²) in [6.45, 7) is 0. The highest BCUT2D eigenvalue weighted by Gasteiger charge is 2.13. The van der Waals surface area contributed by atoms with E-state index in [1.165, 1.54) is 6.07 Å². The summed E-state index contributed by atoms with van der Waals surface area (Å²) in [5, 5.41) is 3.48. The van der Waals surface area contributed by atoms with Crippen LogP contribution in [-0.2, 0) is 21.2 Å². The van der Waals surface area contributed by atoms with E-state index < -0.39 is 15.8 Å². The van der Waals surface area contributed by atoms with Gasteiger partial charge in [-0.25, -0.2) is 12.8 Å². The van der Waals surface area contributed by atoms with Gasteiger partial charge in [0.1, 0.15) is 5.82 Å². The van der Waals surface area contributed by atoms with E-state index >= 15 is 0 Å². The number of H-pyrrole nitrogens is 1. The van der Waals surface area contributed by atoms with E-state index in [0.717, 1.165) is 34.9 Å². The van der Waals surface area contributed by atoms with Crippen molar-refractivity contribution in [1.29, 1.82) is 0 Å². The molecule has 0 unspecified atom stereocenters. The average Bonchev–Trinajstić information content (AvgIpc) is 2.92. The van der Waals surface area contributed by atoms with Gasteiger partial charge in [0, 0.05) is 17.1 Å². The maximum Gasteiger partial charge on any atom is 0.229 e. The molecule has 1 amide bonds. The van der Waals surface area contributed by atoms with Crippen LogP contribution in [-0.4, -0.2) is 25.6 Å². The van der Waals surface area contributed by atoms with Crippen molar-refractivity contribution < 1.29 is 17.6 Å². The number of rotatable bonds is 5. The normalized spacial score (nSPS) is 11.4. The maximum atomic E-state index is 13.5. The van der Waals surface area contributed by atoms with Crippen molar-refractivity contribution >= 4 is 38.2 Å². The largest absolute Gasteiger partial charge is 0.361 e. The fourth-order valence-corrected chi connectivity index (χ4v) is 3.13. The van der Waals surface area contributed by atoms with E-state index in [2.05, 4.69) is 15.0 Å². The van der Waals surface area contributed by atoms with Gasteiger partial charge in [-0.15, -0.1) is 0 Å². The minimum absolute atomic E-state index is 0.0651. The highest BCUT2D eigenvalue weighted by atomic mass is 32.2. The lowest BCUT2D eigenvalue weighted by molar-refractivity contribution is -0.115. The van der Waals surface area contributed by atoms with Gasteiger partial charge < -0.3 is 10.3 Å². The van der Waals surface area contributed by atoms with Gasteiger partial charge in [0.2, 0.25) is 15.9 Å². The first kappa shape index (κ1) is 17.0. The van der Waals surface area contributed by atoms with Gasteiger partial charge in [0.05, 0.1) is 24.1 Å². The molecule has 0 aliphatic rings. The third-order valence-corrected chi connectivity index (χ3v) is 4.17. The Morgan fingerprint density at radius 3 is 2.68 bits per heavy atom. The molecule has 0 atom stereocenters. The monoisotopic (exact) mass is 361 g/mol. The minimum atomic E-state index is -3.56. The van der Waals surface area contributed by atoms with Crippen molar-refractivity contribution in [3.8, 4) is 0 Å². The van der Waals surface area contributed by atoms with E-state index in [9.17, 15) is 17.6 Å². The third kappa shape index (κ3) is 4.16. The Labute approximate surface area is 144 Å². The number of hydrogen-bond donors (Lipinski definition) is 3. The summed E-state index contributed by atoms with van der Waals surface area (Å²) in [6, 6.07) is 11.0. The molecule has 25 heavy (non-hydrogen) atoms. The maximum absolute atomic E-state index is 13.5. The fraction of sp³-hybridized carbons (Fsp3) is 0.118. The molecule has 0 saturated heterocycles. The Bertz CT molecular complexity index is 1040. The van der Waals surface area contributed by atoms with Crippen molar-refractivity contribution in [3.63, 3.8) is 0 Å². The Kier molecular flexibility index (Phi) is 4.45. The number of halogens is 1. The number of carbonyl (C=O) groups excluding carboxylic acids is 1. The second kappa shape index (κ2) is 6.56. The summed E-state index contributed by atoms with van der Waals surface area (Å²) in [5.74, 6) is -0.964. The standard InChI is InChI=1S/C17H16FN3O3S/c1-25(23,24)21-15-7-6-12(18)9-16(15)20-17(22)8-11-10-19-14-5-3-2-4-13(11)14/h2-7,9-10,19,21H,8H2,1H3,(H,20,22). The molecule has 0 fully saturated rings. The summed E-state index contributed by atoms with van der Waals surface area (Å²) in [4.78, 5) is 15.4. The van der Waals surface area contributed by atoms with Gasteiger partial charge in [-0.2, -0.15) is 0 Å². The Hall–Kier alpha value is -2.87. The molecule has 130 valence electrons. The predicted octanol–water partition coefficient (Wildman–Crippen LogP) is 2.86. The second-order valence-electron chi connectivity index (χ2n) is 5.65. The van der Waals surface area contributed by atoms with Gasteiger partial charge in [0.15, 0.2) is 0 Å². The zero-order valence-electron chi connectivity index (χ0n) is 13.3. The summed E-state index contributed by atoms with van der Waals surface area (Å²) in [7, 11) is -3.56. The number of anilines is 2. The lowest BCUT2D eigenvalue weighted by atomic mass is 10.1. The van der Waals surface area contributed by atoms with E-state index in [-0.39, 0.29) is 23.7 Å². The molecule has 1 heterocycles. The smallest absolute Gasteiger partial charge is 0.229 e. The van der Waals surface area contributed by atoms with Gasteiger partial charge in [-0.1, -0.05) is 18.2 Å². The molecule has 3 aromatic rings. The van der Waals surface area contributed by atoms with Crippen LogP contribution in [0.3, 0.4) is 0 Å². The minimum Gasteiger partial charge on any atom is -0.361 e. The Balaban J connectivity index is 1.82. The molecular weight excluding hydrogens is 345 g/mol. The number of fused-ring (bicyclic) bond motifs is 1. The van der Waals surface area contributed by atoms with E-state index in [1.54, 1.807) is 6.20 Å². The number of aromatic nitrogens is 1. The molecule has 8 heteroatoms. The lowest BCUT2D eigenvalue weighted by Crippen LogP contribution is -2.17. The topological polar surface area (TPSA) is 91.1 Å². The number of carbonyl (C=O) groups is 1. The highest BCUT2D eigenvalue weighted by molar-refractivity contribution is 7.92. The predicted molar refractivity (Wildman–Crippen MR) is 95.5 cm³/mol. The van der Waals surface area contributed by atoms with Gasteiger partial charge in [0.25, 0.3) is 0 Å². The van der Waals surface area contributed by atoms with Crippen LogP contribution in [0.15, 0.2) is 48.7 Å². The SMILES string of the molecule is CS(=O)(=O)Nc1ccc(F)cc1NC(=O)Cc1c[nH]c2ccccc12. The van der Waals surface area contributed by atoms with Gasteiger partial charge >= 0.3 is 0 Å². The Morgan fingerprint density at radius 2 is 1.92 bits per heavy atom. The number of amides is 1.